The first-order chi connectivity index (χ1) is 9.19. The predicted octanol–water partition coefficient (Wildman–Crippen LogP) is 3.31. The van der Waals surface area contributed by atoms with E-state index in [9.17, 15) is 0 Å². The quantitative estimate of drug-likeness (QED) is 0.792. The maximum absolute atomic E-state index is 4.28. The smallest absolute Gasteiger partial charge is 0.0537 e. The van der Waals surface area contributed by atoms with Gasteiger partial charge in [0.05, 0.1) is 6.20 Å². The highest BCUT2D eigenvalue weighted by molar-refractivity contribution is 14.1. The molecule has 0 aliphatic heterocycles. The second-order valence-corrected chi connectivity index (χ2v) is 6.03. The molecule has 1 heterocycles. The second kappa shape index (κ2) is 7.05. The van der Waals surface area contributed by atoms with Gasteiger partial charge < -0.3 is 5.32 Å². The molecule has 0 saturated heterocycles. The van der Waals surface area contributed by atoms with Crippen molar-refractivity contribution < 1.29 is 0 Å². The minimum atomic E-state index is 0.341. The van der Waals surface area contributed by atoms with E-state index >= 15 is 0 Å². The third-order valence-corrected chi connectivity index (χ3v) is 3.84. The van der Waals surface area contributed by atoms with Gasteiger partial charge in [0.1, 0.15) is 0 Å². The molecule has 0 aliphatic carbocycles. The van der Waals surface area contributed by atoms with Crippen LogP contribution in [0.1, 0.15) is 30.5 Å². The van der Waals surface area contributed by atoms with Crippen molar-refractivity contribution in [3.8, 4) is 0 Å². The van der Waals surface area contributed by atoms with Crippen LogP contribution < -0.4 is 5.32 Å². The Balaban J connectivity index is 2.11. The van der Waals surface area contributed by atoms with Crippen LogP contribution in [0.15, 0.2) is 36.7 Å². The zero-order valence-corrected chi connectivity index (χ0v) is 13.6. The number of hydrogen-bond donors (Lipinski definition) is 1. The number of aromatic nitrogens is 2. The van der Waals surface area contributed by atoms with Crippen molar-refractivity contribution in [2.24, 2.45) is 7.05 Å². The fraction of sp³-hybridized carbons (Fsp3) is 0.400. The van der Waals surface area contributed by atoms with Crippen LogP contribution in [-0.2, 0) is 13.5 Å². The summed E-state index contributed by atoms with van der Waals surface area (Å²) in [5.41, 5.74) is 2.62. The molecule has 1 atom stereocenters. The summed E-state index contributed by atoms with van der Waals surface area (Å²) in [7, 11) is 1.96. The zero-order chi connectivity index (χ0) is 13.7. The number of hydrogen-bond acceptors (Lipinski definition) is 2. The molecule has 0 fully saturated rings. The molecule has 2 aromatic rings. The Morgan fingerprint density at radius 3 is 2.63 bits per heavy atom. The fourth-order valence-corrected chi connectivity index (χ4v) is 2.46. The molecule has 0 saturated carbocycles. The molecule has 2 rings (SSSR count). The first-order valence-corrected chi connectivity index (χ1v) is 7.73. The van der Waals surface area contributed by atoms with Gasteiger partial charge in [-0.15, -0.1) is 0 Å². The van der Waals surface area contributed by atoms with E-state index < -0.39 is 0 Å². The molecule has 1 aromatic heterocycles. The molecule has 0 radical (unpaired) electrons. The van der Waals surface area contributed by atoms with Crippen molar-refractivity contribution in [3.05, 3.63) is 51.4 Å². The molecule has 1 unspecified atom stereocenters. The van der Waals surface area contributed by atoms with E-state index in [1.807, 2.05) is 17.9 Å². The SMILES string of the molecule is CCCNC(Cc1ccc(I)cc1)c1cnn(C)c1. The molecule has 3 nitrogen and oxygen atoms in total. The minimum absolute atomic E-state index is 0.341. The Morgan fingerprint density at radius 2 is 2.05 bits per heavy atom. The van der Waals surface area contributed by atoms with Gasteiger partial charge in [0.25, 0.3) is 0 Å². The number of nitrogens with one attached hydrogen (secondary N) is 1. The zero-order valence-electron chi connectivity index (χ0n) is 11.4. The molecule has 0 amide bonds. The van der Waals surface area contributed by atoms with Gasteiger partial charge in [-0.2, -0.15) is 5.10 Å². The lowest BCUT2D eigenvalue weighted by Crippen LogP contribution is -2.23. The monoisotopic (exact) mass is 369 g/mol. The van der Waals surface area contributed by atoms with E-state index in [0.717, 1.165) is 19.4 Å². The Hall–Kier alpha value is -0.880. The predicted molar refractivity (Wildman–Crippen MR) is 87.1 cm³/mol. The van der Waals surface area contributed by atoms with Crippen molar-refractivity contribution in [2.45, 2.75) is 25.8 Å². The van der Waals surface area contributed by atoms with E-state index in [-0.39, 0.29) is 0 Å². The number of aryl methyl sites for hydroxylation is 1. The van der Waals surface area contributed by atoms with E-state index in [1.165, 1.54) is 14.7 Å². The normalized spacial score (nSPS) is 12.6. The summed E-state index contributed by atoms with van der Waals surface area (Å²) in [6.45, 7) is 3.22. The minimum Gasteiger partial charge on any atom is -0.310 e. The Morgan fingerprint density at radius 1 is 1.32 bits per heavy atom. The molecule has 1 aromatic carbocycles. The largest absolute Gasteiger partial charge is 0.310 e. The molecule has 19 heavy (non-hydrogen) atoms. The molecule has 0 bridgehead atoms. The topological polar surface area (TPSA) is 29.9 Å². The summed E-state index contributed by atoms with van der Waals surface area (Å²) in [4.78, 5) is 0. The van der Waals surface area contributed by atoms with Gasteiger partial charge in [-0.1, -0.05) is 19.1 Å². The maximum Gasteiger partial charge on any atom is 0.0537 e. The molecule has 0 aliphatic rings. The Bertz CT molecular complexity index is 504. The Kier molecular flexibility index (Phi) is 5.39. The molecule has 102 valence electrons. The number of rotatable bonds is 6. The third kappa shape index (κ3) is 4.31. The third-order valence-electron chi connectivity index (χ3n) is 3.12. The lowest BCUT2D eigenvalue weighted by atomic mass is 10.0. The molecule has 1 N–H and O–H groups in total. The van der Waals surface area contributed by atoms with Crippen molar-refractivity contribution >= 4 is 22.6 Å². The van der Waals surface area contributed by atoms with Gasteiger partial charge in [-0.25, -0.2) is 0 Å². The summed E-state index contributed by atoms with van der Waals surface area (Å²) in [5.74, 6) is 0. The van der Waals surface area contributed by atoms with Crippen LogP contribution in [0.3, 0.4) is 0 Å². The highest BCUT2D eigenvalue weighted by Gasteiger charge is 2.13. The number of halogens is 1. The highest BCUT2D eigenvalue weighted by Crippen LogP contribution is 2.18. The number of benzene rings is 1. The van der Waals surface area contributed by atoms with Gasteiger partial charge in [0, 0.05) is 28.4 Å². The van der Waals surface area contributed by atoms with Crippen molar-refractivity contribution in [3.63, 3.8) is 0 Å². The van der Waals surface area contributed by atoms with Crippen LogP contribution in [0.4, 0.5) is 0 Å². The van der Waals surface area contributed by atoms with E-state index in [4.69, 9.17) is 0 Å². The van der Waals surface area contributed by atoms with Crippen LogP contribution in [0.5, 0.6) is 0 Å². The van der Waals surface area contributed by atoms with Crippen LogP contribution in [0.25, 0.3) is 0 Å². The van der Waals surface area contributed by atoms with Crippen LogP contribution in [0, 0.1) is 3.57 Å². The summed E-state index contributed by atoms with van der Waals surface area (Å²) in [5, 5.41) is 7.88. The summed E-state index contributed by atoms with van der Waals surface area (Å²) < 4.78 is 3.14. The van der Waals surface area contributed by atoms with E-state index in [0.29, 0.717) is 6.04 Å². The standard InChI is InChI=1S/C15H20IN3/c1-3-8-17-15(13-10-18-19(2)11-13)9-12-4-6-14(16)7-5-12/h4-7,10-11,15,17H,3,8-9H2,1-2H3. The van der Waals surface area contributed by atoms with E-state index in [1.54, 1.807) is 0 Å². The van der Waals surface area contributed by atoms with Crippen molar-refractivity contribution in [1.82, 2.24) is 15.1 Å². The van der Waals surface area contributed by atoms with Gasteiger partial charge in [-0.05, 0) is 59.7 Å². The molecular formula is C15H20IN3. The van der Waals surface area contributed by atoms with Crippen LogP contribution in [0.2, 0.25) is 0 Å². The summed E-state index contributed by atoms with van der Waals surface area (Å²) >= 11 is 2.34. The molecule has 0 spiro atoms. The van der Waals surface area contributed by atoms with Gasteiger partial charge in [-0.3, -0.25) is 4.68 Å². The van der Waals surface area contributed by atoms with Gasteiger partial charge in [0.15, 0.2) is 0 Å². The van der Waals surface area contributed by atoms with Gasteiger partial charge in [0.2, 0.25) is 0 Å². The van der Waals surface area contributed by atoms with Crippen molar-refractivity contribution in [2.75, 3.05) is 6.54 Å². The molecule has 4 heteroatoms. The first kappa shape index (κ1) is 14.5. The Labute approximate surface area is 128 Å². The van der Waals surface area contributed by atoms with Gasteiger partial charge >= 0.3 is 0 Å². The average molecular weight is 369 g/mol. The van der Waals surface area contributed by atoms with Crippen molar-refractivity contribution in [1.29, 1.82) is 0 Å². The molecular weight excluding hydrogens is 349 g/mol. The first-order valence-electron chi connectivity index (χ1n) is 6.65. The second-order valence-electron chi connectivity index (χ2n) is 4.78. The van der Waals surface area contributed by atoms with Crippen LogP contribution >= 0.6 is 22.6 Å². The summed E-state index contributed by atoms with van der Waals surface area (Å²) in [6.07, 6.45) is 6.20. The lowest BCUT2D eigenvalue weighted by molar-refractivity contribution is 0.529. The number of nitrogens with zero attached hydrogens (tertiary/aromatic N) is 2. The average Bonchev–Trinajstić information content (AvgIpc) is 2.83. The lowest BCUT2D eigenvalue weighted by Gasteiger charge is -2.17. The maximum atomic E-state index is 4.28. The van der Waals surface area contributed by atoms with E-state index in [2.05, 4.69) is 70.4 Å². The summed E-state index contributed by atoms with van der Waals surface area (Å²) in [6, 6.07) is 9.08. The fourth-order valence-electron chi connectivity index (χ4n) is 2.10. The highest BCUT2D eigenvalue weighted by atomic mass is 127. The van der Waals surface area contributed by atoms with Crippen LogP contribution in [-0.4, -0.2) is 16.3 Å².